The van der Waals surface area contributed by atoms with Crippen molar-refractivity contribution in [3.8, 4) is 0 Å². The summed E-state index contributed by atoms with van der Waals surface area (Å²) in [6.07, 6.45) is 0. The fourth-order valence-corrected chi connectivity index (χ4v) is 4.26. The molecule has 1 aliphatic heterocycles. The summed E-state index contributed by atoms with van der Waals surface area (Å²) in [6, 6.07) is 18.3. The van der Waals surface area contributed by atoms with Gasteiger partial charge in [0.2, 0.25) is 5.91 Å². The van der Waals surface area contributed by atoms with Crippen LogP contribution >= 0.6 is 15.9 Å². The van der Waals surface area contributed by atoms with E-state index in [2.05, 4.69) is 15.9 Å². The molecule has 6 heteroatoms. The molecule has 0 aliphatic carbocycles. The second-order valence-electron chi connectivity index (χ2n) is 7.57. The average molecular weight is 465 g/mol. The van der Waals surface area contributed by atoms with Gasteiger partial charge >= 0.3 is 0 Å². The van der Waals surface area contributed by atoms with E-state index in [4.69, 9.17) is 0 Å². The number of rotatable bonds is 5. The summed E-state index contributed by atoms with van der Waals surface area (Å²) in [7, 11) is 0. The summed E-state index contributed by atoms with van der Waals surface area (Å²) in [5.74, 6) is -0.920. The van der Waals surface area contributed by atoms with Crippen molar-refractivity contribution in [3.63, 3.8) is 0 Å². The maximum atomic E-state index is 13.2. The number of hydrogen-bond acceptors (Lipinski definition) is 3. The minimum absolute atomic E-state index is 0.0514. The number of para-hydroxylation sites is 1. The van der Waals surface area contributed by atoms with Crippen LogP contribution in [-0.2, 0) is 4.79 Å². The van der Waals surface area contributed by atoms with Crippen molar-refractivity contribution in [1.29, 1.82) is 0 Å². The van der Waals surface area contributed by atoms with Gasteiger partial charge in [0.1, 0.15) is 0 Å². The lowest BCUT2D eigenvalue weighted by Gasteiger charge is -2.31. The first-order valence-electron chi connectivity index (χ1n) is 9.84. The molecule has 3 aromatic rings. The van der Waals surface area contributed by atoms with Crippen LogP contribution in [0.3, 0.4) is 0 Å². The third kappa shape index (κ3) is 3.41. The van der Waals surface area contributed by atoms with Gasteiger partial charge in [0.05, 0.1) is 0 Å². The number of halogens is 1. The average Bonchev–Trinajstić information content (AvgIpc) is 2.75. The third-order valence-corrected chi connectivity index (χ3v) is 6.01. The Balaban J connectivity index is 1.66. The Morgan fingerprint density at radius 3 is 2.27 bits per heavy atom. The molecule has 1 aliphatic rings. The maximum Gasteiger partial charge on any atom is 0.261 e. The van der Waals surface area contributed by atoms with E-state index in [9.17, 15) is 14.4 Å². The Bertz CT molecular complexity index is 1140. The first-order valence-corrected chi connectivity index (χ1v) is 10.6. The van der Waals surface area contributed by atoms with E-state index < -0.39 is 0 Å². The molecule has 1 heterocycles. The van der Waals surface area contributed by atoms with E-state index in [0.717, 1.165) is 15.5 Å². The van der Waals surface area contributed by atoms with Crippen LogP contribution in [0.1, 0.15) is 34.6 Å². The van der Waals surface area contributed by atoms with Crippen LogP contribution in [0.4, 0.5) is 5.69 Å². The molecule has 0 N–H and O–H groups in total. The fraction of sp³-hybridized carbons (Fsp3) is 0.208. The van der Waals surface area contributed by atoms with Crippen LogP contribution in [0.25, 0.3) is 10.8 Å². The molecule has 3 aromatic carbocycles. The van der Waals surface area contributed by atoms with Crippen molar-refractivity contribution < 1.29 is 14.4 Å². The van der Waals surface area contributed by atoms with Crippen LogP contribution in [0.2, 0.25) is 0 Å². The summed E-state index contributed by atoms with van der Waals surface area (Å²) in [5, 5.41) is 1.52. The summed E-state index contributed by atoms with van der Waals surface area (Å²) >= 11 is 3.50. The van der Waals surface area contributed by atoms with Crippen LogP contribution in [0.15, 0.2) is 65.1 Å². The Hall–Kier alpha value is -2.99. The maximum absolute atomic E-state index is 13.2. The van der Waals surface area contributed by atoms with Crippen molar-refractivity contribution in [3.05, 3.63) is 76.3 Å². The van der Waals surface area contributed by atoms with E-state index in [1.54, 1.807) is 17.0 Å². The summed E-state index contributed by atoms with van der Waals surface area (Å²) in [6.45, 7) is 4.03. The van der Waals surface area contributed by atoms with Gasteiger partial charge in [-0.05, 0) is 35.7 Å². The molecule has 0 fully saturated rings. The normalized spacial score (nSPS) is 13.3. The SMILES string of the molecule is CC(C)C(=O)N(CCN1C(=O)c2cccc3c(Br)ccc(c23)C1=O)c1ccccc1. The zero-order valence-corrected chi connectivity index (χ0v) is 18.3. The highest BCUT2D eigenvalue weighted by Gasteiger charge is 2.33. The highest BCUT2D eigenvalue weighted by molar-refractivity contribution is 9.10. The molecular formula is C24H21BrN2O3. The Morgan fingerprint density at radius 2 is 1.60 bits per heavy atom. The number of hydrogen-bond donors (Lipinski definition) is 0. The first kappa shape index (κ1) is 20.3. The Labute approximate surface area is 183 Å². The van der Waals surface area contributed by atoms with E-state index in [-0.39, 0.29) is 36.7 Å². The lowest BCUT2D eigenvalue weighted by molar-refractivity contribution is -0.121. The predicted octanol–water partition coefficient (Wildman–Crippen LogP) is 4.89. The molecule has 0 aromatic heterocycles. The van der Waals surface area contributed by atoms with Gasteiger partial charge in [-0.1, -0.05) is 60.1 Å². The van der Waals surface area contributed by atoms with E-state index in [1.165, 1.54) is 4.90 Å². The fourth-order valence-electron chi connectivity index (χ4n) is 3.80. The largest absolute Gasteiger partial charge is 0.310 e. The number of benzene rings is 3. The molecule has 0 atom stereocenters. The molecule has 0 saturated carbocycles. The minimum atomic E-state index is -0.332. The molecule has 0 radical (unpaired) electrons. The predicted molar refractivity (Wildman–Crippen MR) is 121 cm³/mol. The Kier molecular flexibility index (Phi) is 5.43. The summed E-state index contributed by atoms with van der Waals surface area (Å²) in [4.78, 5) is 42.0. The van der Waals surface area contributed by atoms with Crippen molar-refractivity contribution in [2.24, 2.45) is 5.92 Å². The van der Waals surface area contributed by atoms with Gasteiger partial charge in [0.25, 0.3) is 11.8 Å². The number of carbonyl (C=O) groups excluding carboxylic acids is 3. The van der Waals surface area contributed by atoms with Crippen LogP contribution in [-0.4, -0.2) is 35.7 Å². The van der Waals surface area contributed by atoms with Crippen molar-refractivity contribution in [2.75, 3.05) is 18.0 Å². The molecule has 0 saturated heterocycles. The molecule has 152 valence electrons. The van der Waals surface area contributed by atoms with Crippen LogP contribution < -0.4 is 4.90 Å². The number of imide groups is 1. The second-order valence-corrected chi connectivity index (χ2v) is 8.42. The molecule has 0 spiro atoms. The standard InChI is InChI=1S/C24H21BrN2O3/c1-15(2)22(28)26(16-7-4-3-5-8-16)13-14-27-23(29)18-10-6-9-17-20(25)12-11-19(21(17)18)24(27)30/h3-12,15H,13-14H2,1-2H3. The highest BCUT2D eigenvalue weighted by atomic mass is 79.9. The molecule has 4 rings (SSSR count). The summed E-state index contributed by atoms with van der Waals surface area (Å²) < 4.78 is 0.843. The van der Waals surface area contributed by atoms with Gasteiger partial charge in [-0.25, -0.2) is 0 Å². The number of carbonyl (C=O) groups is 3. The number of anilines is 1. The Morgan fingerprint density at radius 1 is 0.933 bits per heavy atom. The topological polar surface area (TPSA) is 57.7 Å². The van der Waals surface area contributed by atoms with Crippen molar-refractivity contribution >= 4 is 50.1 Å². The van der Waals surface area contributed by atoms with E-state index >= 15 is 0 Å². The first-order chi connectivity index (χ1) is 14.4. The van der Waals surface area contributed by atoms with Gasteiger partial charge in [-0.15, -0.1) is 0 Å². The second kappa shape index (κ2) is 8.03. The highest BCUT2D eigenvalue weighted by Crippen LogP contribution is 2.34. The summed E-state index contributed by atoms with van der Waals surface area (Å²) in [5.41, 5.74) is 1.76. The van der Waals surface area contributed by atoms with Crippen LogP contribution in [0, 0.1) is 5.92 Å². The quantitative estimate of drug-likeness (QED) is 0.505. The molecule has 0 unspecified atom stereocenters. The van der Waals surface area contributed by atoms with Gasteiger partial charge in [-0.3, -0.25) is 19.3 Å². The van der Waals surface area contributed by atoms with Crippen LogP contribution in [0.5, 0.6) is 0 Å². The zero-order chi connectivity index (χ0) is 21.4. The van der Waals surface area contributed by atoms with Gasteiger partial charge in [-0.2, -0.15) is 0 Å². The van der Waals surface area contributed by atoms with Gasteiger partial charge in [0.15, 0.2) is 0 Å². The zero-order valence-electron chi connectivity index (χ0n) is 16.8. The molecule has 30 heavy (non-hydrogen) atoms. The molecule has 3 amide bonds. The monoisotopic (exact) mass is 464 g/mol. The number of nitrogens with zero attached hydrogens (tertiary/aromatic N) is 2. The minimum Gasteiger partial charge on any atom is -0.310 e. The van der Waals surface area contributed by atoms with E-state index in [0.29, 0.717) is 16.5 Å². The van der Waals surface area contributed by atoms with Gasteiger partial charge in [0, 0.05) is 45.7 Å². The van der Waals surface area contributed by atoms with Crippen molar-refractivity contribution in [1.82, 2.24) is 4.90 Å². The lowest BCUT2D eigenvalue weighted by atomic mass is 9.94. The van der Waals surface area contributed by atoms with Crippen molar-refractivity contribution in [2.45, 2.75) is 13.8 Å². The third-order valence-electron chi connectivity index (χ3n) is 5.31. The lowest BCUT2D eigenvalue weighted by Crippen LogP contribution is -2.46. The van der Waals surface area contributed by atoms with E-state index in [1.807, 2.05) is 62.4 Å². The van der Waals surface area contributed by atoms with Gasteiger partial charge < -0.3 is 4.90 Å². The molecule has 0 bridgehead atoms. The number of amides is 3. The molecular weight excluding hydrogens is 444 g/mol. The smallest absolute Gasteiger partial charge is 0.261 e. The molecule has 5 nitrogen and oxygen atoms in total.